The first kappa shape index (κ1) is 20.1. The van der Waals surface area contributed by atoms with Crippen LogP contribution in [0.25, 0.3) is 0 Å². The number of amides is 1. The number of carbonyl (C=O) groups excluding carboxylic acids is 1. The number of nitrogens with one attached hydrogen (secondary N) is 1. The van der Waals surface area contributed by atoms with E-state index in [4.69, 9.17) is 14.2 Å². The van der Waals surface area contributed by atoms with E-state index < -0.39 is 6.10 Å². The summed E-state index contributed by atoms with van der Waals surface area (Å²) in [6.07, 6.45) is -0.183. The minimum Gasteiger partial charge on any atom is -0.486 e. The van der Waals surface area contributed by atoms with Crippen LogP contribution in [0.15, 0.2) is 48.5 Å². The molecule has 1 heterocycles. The standard InChI is InChI=1S/C23H29NO4/c1-5-19(27-17-12-10-16(11-13-17)23(2,3)4)22(25)24-14-18-15-26-20-8-6-7-9-21(20)28-18/h6-13,18-19H,5,14-15H2,1-4H3,(H,24,25)/t18-,19+/m0/s1. The Bertz CT molecular complexity index is 795. The van der Waals surface area contributed by atoms with Gasteiger partial charge in [-0.15, -0.1) is 0 Å². The molecule has 1 aliphatic heterocycles. The molecule has 0 saturated heterocycles. The van der Waals surface area contributed by atoms with Crippen molar-refractivity contribution in [1.82, 2.24) is 5.32 Å². The molecule has 0 radical (unpaired) electrons. The lowest BCUT2D eigenvalue weighted by Gasteiger charge is -2.27. The van der Waals surface area contributed by atoms with Crippen molar-refractivity contribution in [3.63, 3.8) is 0 Å². The molecule has 0 spiro atoms. The molecule has 0 saturated carbocycles. The molecule has 0 unspecified atom stereocenters. The van der Waals surface area contributed by atoms with Gasteiger partial charge in [0.25, 0.3) is 5.91 Å². The summed E-state index contributed by atoms with van der Waals surface area (Å²) in [5.41, 5.74) is 1.31. The molecule has 150 valence electrons. The third-order valence-electron chi connectivity index (χ3n) is 4.73. The average molecular weight is 383 g/mol. The Morgan fingerprint density at radius 3 is 2.46 bits per heavy atom. The molecule has 0 bridgehead atoms. The topological polar surface area (TPSA) is 56.8 Å². The fraction of sp³-hybridized carbons (Fsp3) is 0.435. The van der Waals surface area contributed by atoms with Crippen LogP contribution >= 0.6 is 0 Å². The van der Waals surface area contributed by atoms with Crippen molar-refractivity contribution in [3.05, 3.63) is 54.1 Å². The van der Waals surface area contributed by atoms with Gasteiger partial charge in [0.2, 0.25) is 0 Å². The van der Waals surface area contributed by atoms with Gasteiger partial charge in [0.05, 0.1) is 6.54 Å². The van der Waals surface area contributed by atoms with E-state index >= 15 is 0 Å². The second kappa shape index (κ2) is 8.55. The highest BCUT2D eigenvalue weighted by Crippen LogP contribution is 2.30. The van der Waals surface area contributed by atoms with Crippen LogP contribution in [0.1, 0.15) is 39.7 Å². The summed E-state index contributed by atoms with van der Waals surface area (Å²) in [6.45, 7) is 9.21. The predicted octanol–water partition coefficient (Wildman–Crippen LogP) is 4.10. The molecule has 28 heavy (non-hydrogen) atoms. The normalized spacial score (nSPS) is 16.9. The van der Waals surface area contributed by atoms with E-state index in [2.05, 4.69) is 26.1 Å². The molecule has 3 rings (SSSR count). The molecule has 1 N–H and O–H groups in total. The summed E-state index contributed by atoms with van der Waals surface area (Å²) in [7, 11) is 0. The Kier molecular flexibility index (Phi) is 6.12. The maximum atomic E-state index is 12.6. The third-order valence-corrected chi connectivity index (χ3v) is 4.73. The van der Waals surface area contributed by atoms with Gasteiger partial charge in [-0.05, 0) is 41.7 Å². The number of carbonyl (C=O) groups is 1. The summed E-state index contributed by atoms with van der Waals surface area (Å²) < 4.78 is 17.5. The van der Waals surface area contributed by atoms with E-state index in [1.165, 1.54) is 5.56 Å². The second-order valence-electron chi connectivity index (χ2n) is 8.03. The Morgan fingerprint density at radius 1 is 1.14 bits per heavy atom. The number of rotatable bonds is 6. The van der Waals surface area contributed by atoms with Crippen LogP contribution in [0.3, 0.4) is 0 Å². The quantitative estimate of drug-likeness (QED) is 0.816. The van der Waals surface area contributed by atoms with Crippen molar-refractivity contribution in [1.29, 1.82) is 0 Å². The summed E-state index contributed by atoms with van der Waals surface area (Å²) in [4.78, 5) is 12.6. The highest BCUT2D eigenvalue weighted by atomic mass is 16.6. The van der Waals surface area contributed by atoms with Gasteiger partial charge < -0.3 is 19.5 Å². The van der Waals surface area contributed by atoms with Gasteiger partial charge in [-0.25, -0.2) is 0 Å². The largest absolute Gasteiger partial charge is 0.486 e. The van der Waals surface area contributed by atoms with Gasteiger partial charge in [-0.2, -0.15) is 0 Å². The maximum absolute atomic E-state index is 12.6. The average Bonchev–Trinajstić information content (AvgIpc) is 2.69. The fourth-order valence-corrected chi connectivity index (χ4v) is 3.01. The van der Waals surface area contributed by atoms with Crippen molar-refractivity contribution in [3.8, 4) is 17.2 Å². The number of para-hydroxylation sites is 2. The van der Waals surface area contributed by atoms with E-state index in [-0.39, 0.29) is 17.4 Å². The molecular formula is C23H29NO4. The SMILES string of the molecule is CC[C@@H](Oc1ccc(C(C)(C)C)cc1)C(=O)NC[C@H]1COc2ccccc2O1. The summed E-state index contributed by atoms with van der Waals surface area (Å²) in [6, 6.07) is 15.5. The molecular weight excluding hydrogens is 354 g/mol. The lowest BCUT2D eigenvalue weighted by atomic mass is 9.87. The van der Waals surface area contributed by atoms with Crippen molar-refractivity contribution >= 4 is 5.91 Å². The van der Waals surface area contributed by atoms with Crippen LogP contribution in [-0.2, 0) is 10.2 Å². The monoisotopic (exact) mass is 383 g/mol. The number of ether oxygens (including phenoxy) is 3. The lowest BCUT2D eigenvalue weighted by Crippen LogP contribution is -2.45. The Balaban J connectivity index is 1.53. The highest BCUT2D eigenvalue weighted by Gasteiger charge is 2.24. The highest BCUT2D eigenvalue weighted by molar-refractivity contribution is 5.81. The summed E-state index contributed by atoms with van der Waals surface area (Å²) >= 11 is 0. The number of hydrogen-bond acceptors (Lipinski definition) is 4. The van der Waals surface area contributed by atoms with Gasteiger partial charge in [0.15, 0.2) is 17.6 Å². The van der Waals surface area contributed by atoms with Crippen LogP contribution in [0.4, 0.5) is 0 Å². The molecule has 0 aliphatic carbocycles. The smallest absolute Gasteiger partial charge is 0.261 e. The van der Waals surface area contributed by atoms with Gasteiger partial charge in [-0.1, -0.05) is 52.0 Å². The van der Waals surface area contributed by atoms with E-state index in [1.807, 2.05) is 55.5 Å². The number of hydrogen-bond donors (Lipinski definition) is 1. The first-order valence-electron chi connectivity index (χ1n) is 9.80. The van der Waals surface area contributed by atoms with E-state index in [1.54, 1.807) is 0 Å². The molecule has 0 aromatic heterocycles. The van der Waals surface area contributed by atoms with Crippen LogP contribution < -0.4 is 19.5 Å². The lowest BCUT2D eigenvalue weighted by molar-refractivity contribution is -0.128. The van der Waals surface area contributed by atoms with Crippen molar-refractivity contribution < 1.29 is 19.0 Å². The zero-order valence-electron chi connectivity index (χ0n) is 17.0. The zero-order valence-corrected chi connectivity index (χ0v) is 17.0. The number of benzene rings is 2. The number of fused-ring (bicyclic) bond motifs is 1. The molecule has 1 aliphatic rings. The summed E-state index contributed by atoms with van der Waals surface area (Å²) in [5, 5.41) is 2.92. The minimum atomic E-state index is -0.544. The van der Waals surface area contributed by atoms with Crippen LogP contribution in [-0.4, -0.2) is 31.3 Å². The Labute approximate surface area is 167 Å². The fourth-order valence-electron chi connectivity index (χ4n) is 3.01. The zero-order chi connectivity index (χ0) is 20.1. The van der Waals surface area contributed by atoms with Crippen molar-refractivity contribution in [2.45, 2.75) is 51.7 Å². The van der Waals surface area contributed by atoms with Gasteiger partial charge in [0.1, 0.15) is 18.5 Å². The molecule has 5 nitrogen and oxygen atoms in total. The maximum Gasteiger partial charge on any atom is 0.261 e. The molecule has 2 aromatic carbocycles. The van der Waals surface area contributed by atoms with Gasteiger partial charge >= 0.3 is 0 Å². The molecule has 5 heteroatoms. The third kappa shape index (κ3) is 4.97. The molecule has 0 fully saturated rings. The summed E-state index contributed by atoms with van der Waals surface area (Å²) in [5.74, 6) is 1.99. The Morgan fingerprint density at radius 2 is 1.82 bits per heavy atom. The van der Waals surface area contributed by atoms with Gasteiger partial charge in [0, 0.05) is 0 Å². The molecule has 1 amide bonds. The predicted molar refractivity (Wildman–Crippen MR) is 109 cm³/mol. The minimum absolute atomic E-state index is 0.0841. The van der Waals surface area contributed by atoms with Crippen molar-refractivity contribution in [2.24, 2.45) is 0 Å². The second-order valence-corrected chi connectivity index (χ2v) is 8.03. The van der Waals surface area contributed by atoms with E-state index in [0.717, 1.165) is 5.75 Å². The first-order valence-corrected chi connectivity index (χ1v) is 9.80. The van der Waals surface area contributed by atoms with E-state index in [9.17, 15) is 4.79 Å². The van der Waals surface area contributed by atoms with Gasteiger partial charge in [-0.3, -0.25) is 4.79 Å². The van der Waals surface area contributed by atoms with Crippen LogP contribution in [0.5, 0.6) is 17.2 Å². The Hall–Kier alpha value is -2.69. The first-order chi connectivity index (χ1) is 13.4. The van der Waals surface area contributed by atoms with Crippen molar-refractivity contribution in [2.75, 3.05) is 13.2 Å². The van der Waals surface area contributed by atoms with Crippen LogP contribution in [0, 0.1) is 0 Å². The van der Waals surface area contributed by atoms with Crippen LogP contribution in [0.2, 0.25) is 0 Å². The molecule has 2 atom stereocenters. The molecule has 2 aromatic rings. The van der Waals surface area contributed by atoms with E-state index in [0.29, 0.717) is 31.1 Å².